The Hall–Kier alpha value is -0.690. The molecule has 0 spiro atoms. The third-order valence-electron chi connectivity index (χ3n) is 1.91. The number of aryl methyl sites for hydroxylation is 2. The predicted octanol–water partition coefficient (Wildman–Crippen LogP) is 2.74. The molecule has 0 atom stereocenters. The second kappa shape index (κ2) is 4.36. The van der Waals surface area contributed by atoms with Crippen LogP contribution in [0.15, 0.2) is 18.2 Å². The first kappa shape index (κ1) is 9.40. The summed E-state index contributed by atoms with van der Waals surface area (Å²) in [4.78, 5) is 0. The smallest absolute Gasteiger partial charge is 0.118 e. The molecule has 0 saturated carbocycles. The summed E-state index contributed by atoms with van der Waals surface area (Å²) in [6.07, 6.45) is 1.73. The van der Waals surface area contributed by atoms with Gasteiger partial charge >= 0.3 is 0 Å². The highest BCUT2D eigenvalue weighted by molar-refractivity contribution is 6.17. The largest absolute Gasteiger partial charge is 0.508 e. The highest BCUT2D eigenvalue weighted by atomic mass is 35.5. The molecular weight excluding hydrogens is 172 g/mol. The summed E-state index contributed by atoms with van der Waals surface area (Å²) >= 11 is 5.61. The standard InChI is InChI=1S/C10H13ClO/c1-2-9-7-8(5-6-11)3-4-10(9)12/h3-4,7,12H,2,5-6H2,1H3. The van der Waals surface area contributed by atoms with Gasteiger partial charge in [0.05, 0.1) is 0 Å². The van der Waals surface area contributed by atoms with Gasteiger partial charge in [-0.15, -0.1) is 11.6 Å². The third-order valence-corrected chi connectivity index (χ3v) is 2.10. The van der Waals surface area contributed by atoms with E-state index in [9.17, 15) is 5.11 Å². The van der Waals surface area contributed by atoms with Crippen LogP contribution in [0.25, 0.3) is 0 Å². The van der Waals surface area contributed by atoms with Gasteiger partial charge in [0.25, 0.3) is 0 Å². The molecule has 0 aromatic heterocycles. The quantitative estimate of drug-likeness (QED) is 0.717. The molecule has 0 bridgehead atoms. The highest BCUT2D eigenvalue weighted by Gasteiger charge is 1.99. The fraction of sp³-hybridized carbons (Fsp3) is 0.400. The van der Waals surface area contributed by atoms with Crippen molar-refractivity contribution in [2.75, 3.05) is 5.88 Å². The summed E-state index contributed by atoms with van der Waals surface area (Å²) in [5.74, 6) is 1.02. The lowest BCUT2D eigenvalue weighted by Crippen LogP contribution is -1.89. The molecule has 0 radical (unpaired) electrons. The van der Waals surface area contributed by atoms with Crippen molar-refractivity contribution in [3.63, 3.8) is 0 Å². The second-order valence-corrected chi connectivity index (χ2v) is 3.13. The van der Waals surface area contributed by atoms with Crippen LogP contribution in [0.3, 0.4) is 0 Å². The predicted molar refractivity (Wildman–Crippen MR) is 51.9 cm³/mol. The Morgan fingerprint density at radius 1 is 1.42 bits per heavy atom. The Kier molecular flexibility index (Phi) is 3.42. The van der Waals surface area contributed by atoms with Gasteiger partial charge in [-0.3, -0.25) is 0 Å². The minimum atomic E-state index is 0.385. The first-order valence-electron chi connectivity index (χ1n) is 4.14. The van der Waals surface area contributed by atoms with Crippen LogP contribution in [-0.4, -0.2) is 11.0 Å². The molecule has 1 aromatic rings. The number of phenols is 1. The van der Waals surface area contributed by atoms with E-state index in [4.69, 9.17) is 11.6 Å². The molecule has 2 heteroatoms. The van der Waals surface area contributed by atoms with E-state index in [-0.39, 0.29) is 0 Å². The molecule has 0 fully saturated rings. The van der Waals surface area contributed by atoms with Crippen molar-refractivity contribution in [3.05, 3.63) is 29.3 Å². The van der Waals surface area contributed by atoms with E-state index < -0.39 is 0 Å². The monoisotopic (exact) mass is 184 g/mol. The van der Waals surface area contributed by atoms with E-state index in [2.05, 4.69) is 0 Å². The van der Waals surface area contributed by atoms with E-state index in [1.54, 1.807) is 6.07 Å². The average Bonchev–Trinajstić information content (AvgIpc) is 2.09. The van der Waals surface area contributed by atoms with Crippen LogP contribution in [0, 0.1) is 0 Å². The zero-order chi connectivity index (χ0) is 8.97. The van der Waals surface area contributed by atoms with Crippen molar-refractivity contribution < 1.29 is 5.11 Å². The molecule has 1 N–H and O–H groups in total. The molecule has 12 heavy (non-hydrogen) atoms. The number of alkyl halides is 1. The maximum Gasteiger partial charge on any atom is 0.118 e. The van der Waals surface area contributed by atoms with Crippen LogP contribution >= 0.6 is 11.6 Å². The zero-order valence-electron chi connectivity index (χ0n) is 7.18. The van der Waals surface area contributed by atoms with Crippen LogP contribution in [-0.2, 0) is 12.8 Å². The van der Waals surface area contributed by atoms with Crippen LogP contribution in [0.1, 0.15) is 18.1 Å². The molecule has 0 unspecified atom stereocenters. The van der Waals surface area contributed by atoms with Gasteiger partial charge in [0.2, 0.25) is 0 Å². The van der Waals surface area contributed by atoms with Gasteiger partial charge in [-0.25, -0.2) is 0 Å². The van der Waals surface area contributed by atoms with Gasteiger partial charge in [0.1, 0.15) is 5.75 Å². The minimum Gasteiger partial charge on any atom is -0.508 e. The van der Waals surface area contributed by atoms with E-state index in [1.807, 2.05) is 19.1 Å². The SMILES string of the molecule is CCc1cc(CCCl)ccc1O. The van der Waals surface area contributed by atoms with E-state index >= 15 is 0 Å². The number of hydrogen-bond acceptors (Lipinski definition) is 1. The van der Waals surface area contributed by atoms with Gasteiger partial charge in [-0.1, -0.05) is 19.1 Å². The van der Waals surface area contributed by atoms with E-state index in [0.29, 0.717) is 11.6 Å². The molecule has 0 aliphatic rings. The Bertz CT molecular complexity index is 258. The minimum absolute atomic E-state index is 0.385. The van der Waals surface area contributed by atoms with Gasteiger partial charge in [0.15, 0.2) is 0 Å². The maximum absolute atomic E-state index is 9.37. The highest BCUT2D eigenvalue weighted by Crippen LogP contribution is 2.19. The number of hydrogen-bond donors (Lipinski definition) is 1. The van der Waals surface area contributed by atoms with Crippen LogP contribution in [0.5, 0.6) is 5.75 Å². The molecule has 0 heterocycles. The van der Waals surface area contributed by atoms with Crippen molar-refractivity contribution in [1.82, 2.24) is 0 Å². The molecule has 0 aliphatic carbocycles. The molecular formula is C10H13ClO. The summed E-state index contributed by atoms with van der Waals surface area (Å²) in [5.41, 5.74) is 2.19. The Morgan fingerprint density at radius 3 is 2.75 bits per heavy atom. The van der Waals surface area contributed by atoms with Crippen molar-refractivity contribution in [3.8, 4) is 5.75 Å². The lowest BCUT2D eigenvalue weighted by molar-refractivity contribution is 0.468. The van der Waals surface area contributed by atoms with E-state index in [1.165, 1.54) is 5.56 Å². The molecule has 1 rings (SSSR count). The second-order valence-electron chi connectivity index (χ2n) is 2.76. The summed E-state index contributed by atoms with van der Waals surface area (Å²) in [5, 5.41) is 9.37. The molecule has 66 valence electrons. The molecule has 1 aromatic carbocycles. The van der Waals surface area contributed by atoms with Gasteiger partial charge in [-0.2, -0.15) is 0 Å². The van der Waals surface area contributed by atoms with Gasteiger partial charge in [0, 0.05) is 5.88 Å². The number of aromatic hydroxyl groups is 1. The lowest BCUT2D eigenvalue weighted by Gasteiger charge is -2.03. The fourth-order valence-electron chi connectivity index (χ4n) is 1.19. The van der Waals surface area contributed by atoms with Crippen molar-refractivity contribution in [2.45, 2.75) is 19.8 Å². The average molecular weight is 185 g/mol. The van der Waals surface area contributed by atoms with Gasteiger partial charge in [-0.05, 0) is 30.0 Å². The maximum atomic E-state index is 9.37. The normalized spacial score (nSPS) is 10.2. The fourth-order valence-corrected chi connectivity index (χ4v) is 1.40. The van der Waals surface area contributed by atoms with Crippen molar-refractivity contribution >= 4 is 11.6 Å². The Labute approximate surface area is 78.0 Å². The van der Waals surface area contributed by atoms with Crippen LogP contribution < -0.4 is 0 Å². The molecule has 1 nitrogen and oxygen atoms in total. The number of phenolic OH excluding ortho intramolecular Hbond substituents is 1. The number of rotatable bonds is 3. The van der Waals surface area contributed by atoms with Gasteiger partial charge < -0.3 is 5.11 Å². The number of halogens is 1. The first-order chi connectivity index (χ1) is 5.77. The van der Waals surface area contributed by atoms with E-state index in [0.717, 1.165) is 18.4 Å². The number of benzene rings is 1. The molecule has 0 saturated heterocycles. The first-order valence-corrected chi connectivity index (χ1v) is 4.68. The zero-order valence-corrected chi connectivity index (χ0v) is 7.93. The Balaban J connectivity index is 2.89. The van der Waals surface area contributed by atoms with Crippen molar-refractivity contribution in [1.29, 1.82) is 0 Å². The van der Waals surface area contributed by atoms with Crippen LogP contribution in [0.2, 0.25) is 0 Å². The lowest BCUT2D eigenvalue weighted by atomic mass is 10.1. The topological polar surface area (TPSA) is 20.2 Å². The summed E-state index contributed by atoms with van der Waals surface area (Å²) in [6.45, 7) is 2.03. The molecule has 0 aliphatic heterocycles. The van der Waals surface area contributed by atoms with Crippen LogP contribution in [0.4, 0.5) is 0 Å². The summed E-state index contributed by atoms with van der Waals surface area (Å²) in [7, 11) is 0. The Morgan fingerprint density at radius 2 is 2.17 bits per heavy atom. The summed E-state index contributed by atoms with van der Waals surface area (Å²) in [6, 6.07) is 5.66. The molecule has 0 amide bonds. The summed E-state index contributed by atoms with van der Waals surface area (Å²) < 4.78 is 0. The van der Waals surface area contributed by atoms with Crippen molar-refractivity contribution in [2.24, 2.45) is 0 Å². The third kappa shape index (κ3) is 2.15.